The van der Waals surface area contributed by atoms with Gasteiger partial charge in [0.25, 0.3) is 0 Å². The molecule has 1 aliphatic rings. The molecular formula is C12H12BrClO3. The van der Waals surface area contributed by atoms with E-state index >= 15 is 0 Å². The van der Waals surface area contributed by atoms with Crippen LogP contribution in [0.25, 0.3) is 0 Å². The minimum Gasteiger partial charge on any atom is -0.495 e. The second kappa shape index (κ2) is 4.50. The zero-order valence-electron chi connectivity index (χ0n) is 9.30. The Hall–Kier alpha value is -0.740. The van der Waals surface area contributed by atoms with Gasteiger partial charge in [0.2, 0.25) is 0 Å². The molecule has 0 amide bonds. The van der Waals surface area contributed by atoms with Gasteiger partial charge in [0.1, 0.15) is 5.75 Å². The summed E-state index contributed by atoms with van der Waals surface area (Å²) in [6.07, 6.45) is 2.18. The summed E-state index contributed by atoms with van der Waals surface area (Å²) in [6.45, 7) is 0. The Morgan fingerprint density at radius 3 is 2.59 bits per heavy atom. The van der Waals surface area contributed by atoms with E-state index in [0.29, 0.717) is 29.2 Å². The number of halogens is 2. The first-order valence-corrected chi connectivity index (χ1v) is 6.45. The van der Waals surface area contributed by atoms with E-state index in [1.54, 1.807) is 12.1 Å². The molecule has 5 heteroatoms. The number of carboxylic acids is 1. The van der Waals surface area contributed by atoms with Crippen molar-refractivity contribution in [2.24, 2.45) is 0 Å². The first-order valence-electron chi connectivity index (χ1n) is 5.28. The molecule has 1 aliphatic carbocycles. The molecule has 2 rings (SSSR count). The minimum atomic E-state index is -0.835. The van der Waals surface area contributed by atoms with Crippen molar-refractivity contribution in [2.75, 3.05) is 7.11 Å². The van der Waals surface area contributed by atoms with Gasteiger partial charge >= 0.3 is 5.97 Å². The largest absolute Gasteiger partial charge is 0.495 e. The molecule has 1 fully saturated rings. The fourth-order valence-corrected chi connectivity index (χ4v) is 3.14. The van der Waals surface area contributed by atoms with Gasteiger partial charge in [0, 0.05) is 10.0 Å². The van der Waals surface area contributed by atoms with Crippen LogP contribution in [-0.2, 0) is 10.2 Å². The van der Waals surface area contributed by atoms with E-state index < -0.39 is 11.4 Å². The van der Waals surface area contributed by atoms with Crippen molar-refractivity contribution >= 4 is 33.5 Å². The highest BCUT2D eigenvalue weighted by atomic mass is 79.9. The Balaban J connectivity index is 2.61. The van der Waals surface area contributed by atoms with Crippen LogP contribution in [0.2, 0.25) is 5.02 Å². The van der Waals surface area contributed by atoms with Crippen LogP contribution in [0, 0.1) is 0 Å². The molecule has 0 saturated heterocycles. The lowest BCUT2D eigenvalue weighted by Gasteiger charge is -2.39. The zero-order valence-corrected chi connectivity index (χ0v) is 11.6. The van der Waals surface area contributed by atoms with E-state index in [0.717, 1.165) is 10.9 Å². The predicted molar refractivity (Wildman–Crippen MR) is 68.9 cm³/mol. The van der Waals surface area contributed by atoms with Crippen LogP contribution in [0.4, 0.5) is 0 Å². The van der Waals surface area contributed by atoms with Gasteiger partial charge in [-0.15, -0.1) is 0 Å². The van der Waals surface area contributed by atoms with E-state index in [1.807, 2.05) is 0 Å². The van der Waals surface area contributed by atoms with E-state index in [1.165, 1.54) is 7.11 Å². The fraction of sp³-hybridized carbons (Fsp3) is 0.417. The minimum absolute atomic E-state index is 0.435. The second-order valence-corrected chi connectivity index (χ2v) is 5.53. The average Bonchev–Trinajstić information content (AvgIpc) is 2.14. The number of hydrogen-bond acceptors (Lipinski definition) is 2. The summed E-state index contributed by atoms with van der Waals surface area (Å²) in [4.78, 5) is 11.5. The van der Waals surface area contributed by atoms with Gasteiger partial charge in [-0.3, -0.25) is 4.79 Å². The maximum Gasteiger partial charge on any atom is 0.314 e. The van der Waals surface area contributed by atoms with Crippen LogP contribution in [0.15, 0.2) is 16.6 Å². The first-order chi connectivity index (χ1) is 8.01. The summed E-state index contributed by atoms with van der Waals surface area (Å²) in [5.41, 5.74) is -0.170. The molecule has 17 heavy (non-hydrogen) atoms. The van der Waals surface area contributed by atoms with Gasteiger partial charge in [0.15, 0.2) is 0 Å². The van der Waals surface area contributed by atoms with Crippen LogP contribution in [0.1, 0.15) is 24.8 Å². The first kappa shape index (κ1) is 12.7. The normalized spacial score (nSPS) is 17.4. The molecule has 0 aromatic heterocycles. The van der Waals surface area contributed by atoms with E-state index in [-0.39, 0.29) is 0 Å². The maximum absolute atomic E-state index is 11.5. The third-order valence-corrected chi connectivity index (χ3v) is 4.08. The molecule has 92 valence electrons. The number of methoxy groups -OCH3 is 1. The number of carbonyl (C=O) groups is 1. The molecule has 0 radical (unpaired) electrons. The summed E-state index contributed by atoms with van der Waals surface area (Å²) < 4.78 is 6.02. The van der Waals surface area contributed by atoms with Crippen molar-refractivity contribution in [3.05, 3.63) is 27.2 Å². The Bertz CT molecular complexity index is 469. The molecule has 3 nitrogen and oxygen atoms in total. The zero-order chi connectivity index (χ0) is 12.6. The van der Waals surface area contributed by atoms with Gasteiger partial charge < -0.3 is 9.84 Å². The summed E-state index contributed by atoms with van der Waals surface area (Å²) in [5.74, 6) is -0.340. The highest BCUT2D eigenvalue weighted by Gasteiger charge is 2.48. The molecule has 1 aromatic rings. The van der Waals surface area contributed by atoms with Crippen molar-refractivity contribution in [2.45, 2.75) is 24.7 Å². The van der Waals surface area contributed by atoms with Gasteiger partial charge in [-0.1, -0.05) is 34.0 Å². The topological polar surface area (TPSA) is 46.5 Å². The van der Waals surface area contributed by atoms with Crippen LogP contribution < -0.4 is 4.74 Å². The van der Waals surface area contributed by atoms with Crippen molar-refractivity contribution in [3.63, 3.8) is 0 Å². The standard InChI is InChI=1S/C12H12BrClO3/c1-17-10-8(5-7(13)6-9(10)14)12(11(15)16)3-2-4-12/h5-6H,2-4H2,1H3,(H,15,16). The van der Waals surface area contributed by atoms with Crippen molar-refractivity contribution in [1.29, 1.82) is 0 Å². The van der Waals surface area contributed by atoms with E-state index in [4.69, 9.17) is 16.3 Å². The molecule has 0 atom stereocenters. The number of hydrogen-bond donors (Lipinski definition) is 1. The second-order valence-electron chi connectivity index (χ2n) is 4.21. The molecule has 1 aromatic carbocycles. The average molecular weight is 320 g/mol. The molecule has 0 unspecified atom stereocenters. The van der Waals surface area contributed by atoms with Crippen molar-refractivity contribution < 1.29 is 14.6 Å². The molecular weight excluding hydrogens is 307 g/mol. The maximum atomic E-state index is 11.5. The van der Waals surface area contributed by atoms with Gasteiger partial charge in [-0.05, 0) is 25.0 Å². The number of benzene rings is 1. The Morgan fingerprint density at radius 1 is 1.53 bits per heavy atom. The van der Waals surface area contributed by atoms with Crippen LogP contribution in [-0.4, -0.2) is 18.2 Å². The lowest BCUT2D eigenvalue weighted by atomic mass is 9.64. The Kier molecular flexibility index (Phi) is 3.36. The summed E-state index contributed by atoms with van der Waals surface area (Å²) in [6, 6.07) is 3.50. The monoisotopic (exact) mass is 318 g/mol. The van der Waals surface area contributed by atoms with Crippen LogP contribution >= 0.6 is 27.5 Å². The SMILES string of the molecule is COc1c(Cl)cc(Br)cc1C1(C(=O)O)CCC1. The highest BCUT2D eigenvalue weighted by Crippen LogP contribution is 2.49. The smallest absolute Gasteiger partial charge is 0.314 e. The molecule has 0 bridgehead atoms. The number of ether oxygens (including phenoxy) is 1. The molecule has 1 N–H and O–H groups in total. The third kappa shape index (κ3) is 1.93. The van der Waals surface area contributed by atoms with Crippen LogP contribution in [0.5, 0.6) is 5.75 Å². The lowest BCUT2D eigenvalue weighted by molar-refractivity contribution is -0.147. The van der Waals surface area contributed by atoms with Crippen molar-refractivity contribution in [3.8, 4) is 5.75 Å². The molecule has 0 spiro atoms. The Morgan fingerprint density at radius 2 is 2.18 bits per heavy atom. The van der Waals surface area contributed by atoms with Crippen molar-refractivity contribution in [1.82, 2.24) is 0 Å². The molecule has 1 saturated carbocycles. The summed E-state index contributed by atoms with van der Waals surface area (Å²) in [5, 5.41) is 9.86. The quantitative estimate of drug-likeness (QED) is 0.925. The van der Waals surface area contributed by atoms with Gasteiger partial charge in [-0.25, -0.2) is 0 Å². The number of carboxylic acid groups (broad SMARTS) is 1. The number of rotatable bonds is 3. The summed E-state index contributed by atoms with van der Waals surface area (Å²) >= 11 is 9.42. The van der Waals surface area contributed by atoms with E-state index in [9.17, 15) is 9.90 Å². The van der Waals surface area contributed by atoms with Gasteiger partial charge in [0.05, 0.1) is 17.5 Å². The van der Waals surface area contributed by atoms with Gasteiger partial charge in [-0.2, -0.15) is 0 Å². The predicted octanol–water partition coefficient (Wildman–Crippen LogP) is 3.62. The van der Waals surface area contributed by atoms with E-state index in [2.05, 4.69) is 15.9 Å². The lowest BCUT2D eigenvalue weighted by Crippen LogP contribution is -2.42. The van der Waals surface area contributed by atoms with Crippen LogP contribution in [0.3, 0.4) is 0 Å². The molecule has 0 aliphatic heterocycles. The fourth-order valence-electron chi connectivity index (χ4n) is 2.25. The number of aliphatic carboxylic acids is 1. The molecule has 0 heterocycles. The third-order valence-electron chi connectivity index (χ3n) is 3.34. The highest BCUT2D eigenvalue weighted by molar-refractivity contribution is 9.10. The Labute approximate surface area is 113 Å². The summed E-state index contributed by atoms with van der Waals surface area (Å²) in [7, 11) is 1.51.